The first-order chi connectivity index (χ1) is 21.7. The fourth-order valence-electron chi connectivity index (χ4n) is 5.93. The number of amides is 2. The molecule has 3 aromatic carbocycles. The Bertz CT molecular complexity index is 1470. The van der Waals surface area contributed by atoms with Gasteiger partial charge < -0.3 is 20.3 Å². The lowest BCUT2D eigenvalue weighted by Gasteiger charge is -2.27. The van der Waals surface area contributed by atoms with Crippen molar-refractivity contribution in [1.29, 1.82) is 0 Å². The molecule has 0 aromatic heterocycles. The van der Waals surface area contributed by atoms with E-state index >= 15 is 0 Å². The molecule has 8 nitrogen and oxygen atoms in total. The second kappa shape index (κ2) is 14.6. The highest BCUT2D eigenvalue weighted by molar-refractivity contribution is 5.96. The van der Waals surface area contributed by atoms with Crippen LogP contribution in [0, 0.1) is 0 Å². The average molecular weight is 623 g/mol. The SMILES string of the molecule is O=C(CNC(=O)c1cccc(C(F)(F)F)c1)N[C@@H]1CCN(C2CCCN(c3ccc(C(=O)OCc4ccccc4)cc3)CC2)C1. The van der Waals surface area contributed by atoms with E-state index < -0.39 is 17.6 Å². The highest BCUT2D eigenvalue weighted by Gasteiger charge is 2.32. The molecule has 0 bridgehead atoms. The van der Waals surface area contributed by atoms with E-state index in [1.807, 2.05) is 42.5 Å². The Hall–Kier alpha value is -4.38. The number of alkyl halides is 3. The Kier molecular flexibility index (Phi) is 10.4. The minimum Gasteiger partial charge on any atom is -0.457 e. The molecule has 2 amide bonds. The second-order valence-corrected chi connectivity index (χ2v) is 11.5. The Balaban J connectivity index is 1.04. The van der Waals surface area contributed by atoms with Gasteiger partial charge in [0.25, 0.3) is 5.91 Å². The number of nitrogens with one attached hydrogen (secondary N) is 2. The fraction of sp³-hybridized carbons (Fsp3) is 0.382. The van der Waals surface area contributed by atoms with Crippen LogP contribution in [-0.4, -0.2) is 67.5 Å². The van der Waals surface area contributed by atoms with Gasteiger partial charge in [-0.2, -0.15) is 13.2 Å². The summed E-state index contributed by atoms with van der Waals surface area (Å²) >= 11 is 0. The van der Waals surface area contributed by atoms with Crippen LogP contribution in [0.5, 0.6) is 0 Å². The van der Waals surface area contributed by atoms with Gasteiger partial charge >= 0.3 is 12.1 Å². The van der Waals surface area contributed by atoms with Gasteiger partial charge in [-0.05, 0) is 73.7 Å². The summed E-state index contributed by atoms with van der Waals surface area (Å²) in [4.78, 5) is 42.1. The van der Waals surface area contributed by atoms with E-state index in [9.17, 15) is 27.6 Å². The van der Waals surface area contributed by atoms with Gasteiger partial charge in [0.05, 0.1) is 17.7 Å². The first kappa shape index (κ1) is 32.0. The molecular formula is C34H37F3N4O4. The molecule has 2 atom stereocenters. The van der Waals surface area contributed by atoms with Crippen LogP contribution >= 0.6 is 0 Å². The van der Waals surface area contributed by atoms with Crippen LogP contribution in [0.2, 0.25) is 0 Å². The van der Waals surface area contributed by atoms with Crippen LogP contribution in [0.1, 0.15) is 57.5 Å². The lowest BCUT2D eigenvalue weighted by molar-refractivity contribution is -0.137. The van der Waals surface area contributed by atoms with Gasteiger partial charge in [-0.25, -0.2) is 4.79 Å². The Morgan fingerprint density at radius 3 is 2.38 bits per heavy atom. The molecule has 2 aliphatic rings. The van der Waals surface area contributed by atoms with E-state index in [-0.39, 0.29) is 36.6 Å². The molecule has 238 valence electrons. The molecule has 2 N–H and O–H groups in total. The fourth-order valence-corrected chi connectivity index (χ4v) is 5.93. The third kappa shape index (κ3) is 8.85. The third-order valence-electron chi connectivity index (χ3n) is 8.34. The molecule has 0 radical (unpaired) electrons. The van der Waals surface area contributed by atoms with Crippen LogP contribution in [0.4, 0.5) is 18.9 Å². The maximum absolute atomic E-state index is 12.9. The van der Waals surface area contributed by atoms with Crippen LogP contribution in [0.15, 0.2) is 78.9 Å². The predicted molar refractivity (Wildman–Crippen MR) is 164 cm³/mol. The van der Waals surface area contributed by atoms with Crippen molar-refractivity contribution in [2.75, 3.05) is 37.6 Å². The van der Waals surface area contributed by atoms with Crippen molar-refractivity contribution in [3.05, 3.63) is 101 Å². The summed E-state index contributed by atoms with van der Waals surface area (Å²) in [6.45, 7) is 3.26. The van der Waals surface area contributed by atoms with E-state index in [4.69, 9.17) is 4.74 Å². The summed E-state index contributed by atoms with van der Waals surface area (Å²) in [5, 5.41) is 5.36. The summed E-state index contributed by atoms with van der Waals surface area (Å²) in [6, 6.07) is 21.5. The number of carbonyl (C=O) groups excluding carboxylic acids is 3. The van der Waals surface area contributed by atoms with E-state index in [1.165, 1.54) is 12.1 Å². The highest BCUT2D eigenvalue weighted by atomic mass is 19.4. The number of esters is 1. The lowest BCUT2D eigenvalue weighted by Crippen LogP contribution is -2.44. The number of hydrogen-bond donors (Lipinski definition) is 2. The quantitative estimate of drug-likeness (QED) is 0.325. The normalized spacial score (nSPS) is 19.0. The number of anilines is 1. The largest absolute Gasteiger partial charge is 0.457 e. The molecule has 0 aliphatic carbocycles. The zero-order valence-electron chi connectivity index (χ0n) is 24.9. The minimum atomic E-state index is -4.55. The van der Waals surface area contributed by atoms with E-state index in [0.717, 1.165) is 68.7 Å². The van der Waals surface area contributed by atoms with Crippen molar-refractivity contribution in [2.24, 2.45) is 0 Å². The number of halogens is 3. The molecule has 0 spiro atoms. The molecule has 0 saturated carbocycles. The van der Waals surface area contributed by atoms with Crippen LogP contribution < -0.4 is 15.5 Å². The zero-order valence-corrected chi connectivity index (χ0v) is 24.9. The van der Waals surface area contributed by atoms with Crippen molar-refractivity contribution in [1.82, 2.24) is 15.5 Å². The van der Waals surface area contributed by atoms with Crippen molar-refractivity contribution in [2.45, 2.75) is 50.6 Å². The first-order valence-electron chi connectivity index (χ1n) is 15.2. The van der Waals surface area contributed by atoms with Gasteiger partial charge in [0.1, 0.15) is 6.61 Å². The molecule has 11 heteroatoms. The summed E-state index contributed by atoms with van der Waals surface area (Å²) < 4.78 is 44.3. The van der Waals surface area contributed by atoms with Crippen molar-refractivity contribution >= 4 is 23.5 Å². The van der Waals surface area contributed by atoms with E-state index in [1.54, 1.807) is 12.1 Å². The van der Waals surface area contributed by atoms with Gasteiger partial charge in [-0.1, -0.05) is 36.4 Å². The second-order valence-electron chi connectivity index (χ2n) is 11.5. The molecule has 2 heterocycles. The number of hydrogen-bond acceptors (Lipinski definition) is 6. The number of nitrogens with zero attached hydrogens (tertiary/aromatic N) is 2. The maximum Gasteiger partial charge on any atom is 0.416 e. The minimum absolute atomic E-state index is 0.0588. The molecule has 3 aromatic rings. The lowest BCUT2D eigenvalue weighted by atomic mass is 10.1. The summed E-state index contributed by atoms with van der Waals surface area (Å²) in [6.07, 6.45) is -0.748. The van der Waals surface area contributed by atoms with Gasteiger partial charge in [0, 0.05) is 49.5 Å². The van der Waals surface area contributed by atoms with Crippen LogP contribution in [0.25, 0.3) is 0 Å². The molecule has 2 aliphatic heterocycles. The molecule has 1 unspecified atom stereocenters. The summed E-state index contributed by atoms with van der Waals surface area (Å²) in [5.41, 5.74) is 1.46. The maximum atomic E-state index is 12.9. The van der Waals surface area contributed by atoms with Crippen molar-refractivity contribution in [3.63, 3.8) is 0 Å². The third-order valence-corrected chi connectivity index (χ3v) is 8.34. The van der Waals surface area contributed by atoms with Crippen LogP contribution in [0.3, 0.4) is 0 Å². The molecule has 5 rings (SSSR count). The summed E-state index contributed by atoms with van der Waals surface area (Å²) in [7, 11) is 0. The predicted octanol–water partition coefficient (Wildman–Crippen LogP) is 5.04. The zero-order chi connectivity index (χ0) is 31.8. The van der Waals surface area contributed by atoms with Gasteiger partial charge in [0.15, 0.2) is 0 Å². The Labute approximate surface area is 260 Å². The molecule has 45 heavy (non-hydrogen) atoms. The molecule has 2 fully saturated rings. The van der Waals surface area contributed by atoms with Crippen molar-refractivity contribution in [3.8, 4) is 0 Å². The Morgan fingerprint density at radius 2 is 1.62 bits per heavy atom. The van der Waals surface area contributed by atoms with Gasteiger partial charge in [-0.15, -0.1) is 0 Å². The number of benzene rings is 3. The first-order valence-corrected chi connectivity index (χ1v) is 15.2. The summed E-state index contributed by atoms with van der Waals surface area (Å²) in [5.74, 6) is -1.46. The molecular weight excluding hydrogens is 585 g/mol. The standard InChI is InChI=1S/C34H37F3N4O4/c35-34(36,37)27-9-4-8-26(20-27)32(43)38-21-31(42)39-28-15-18-41(22-28)29-10-5-17-40(19-16-29)30-13-11-25(12-14-30)33(44)45-23-24-6-2-1-3-7-24/h1-4,6-9,11-14,20,28-29H,5,10,15-19,21-23H2,(H,38,43)(H,39,42)/t28-,29?/m1/s1. The van der Waals surface area contributed by atoms with Gasteiger partial charge in [0.2, 0.25) is 5.91 Å². The Morgan fingerprint density at radius 1 is 0.844 bits per heavy atom. The number of ether oxygens (including phenoxy) is 1. The van der Waals surface area contributed by atoms with Crippen LogP contribution in [-0.2, 0) is 22.3 Å². The number of likely N-dealkylation sites (tertiary alicyclic amines) is 1. The smallest absolute Gasteiger partial charge is 0.416 e. The topological polar surface area (TPSA) is 91.0 Å². The van der Waals surface area contributed by atoms with E-state index in [0.29, 0.717) is 18.2 Å². The van der Waals surface area contributed by atoms with Crippen molar-refractivity contribution < 1.29 is 32.3 Å². The van der Waals surface area contributed by atoms with E-state index in [2.05, 4.69) is 20.4 Å². The number of carbonyl (C=O) groups is 3. The highest BCUT2D eigenvalue weighted by Crippen LogP contribution is 2.29. The monoisotopic (exact) mass is 622 g/mol. The van der Waals surface area contributed by atoms with Gasteiger partial charge in [-0.3, -0.25) is 14.5 Å². The number of rotatable bonds is 9. The molecule has 2 saturated heterocycles. The average Bonchev–Trinajstić information content (AvgIpc) is 3.37.